The molecule has 4 aromatic heterocycles. The molecular formula is C128H76N4. The zero-order valence-corrected chi connectivity index (χ0v) is 71.7. The first-order valence-electron chi connectivity index (χ1n) is 45.4. The zero-order chi connectivity index (χ0) is 86.6. The molecule has 0 bridgehead atoms. The van der Waals surface area contributed by atoms with E-state index in [4.69, 9.17) is 15.0 Å². The number of rotatable bonds is 8. The Morgan fingerprint density at radius 2 is 0.386 bits per heavy atom. The van der Waals surface area contributed by atoms with Crippen LogP contribution in [0.2, 0.25) is 0 Å². The van der Waals surface area contributed by atoms with Crippen LogP contribution in [0.1, 0.15) is 0 Å². The van der Waals surface area contributed by atoms with Crippen molar-refractivity contribution in [3.63, 3.8) is 0 Å². The lowest BCUT2D eigenvalue weighted by Gasteiger charge is -2.17. The van der Waals surface area contributed by atoms with Crippen LogP contribution in [-0.4, -0.2) is 19.9 Å². The summed E-state index contributed by atoms with van der Waals surface area (Å²) < 4.78 is 0. The quantitative estimate of drug-likeness (QED) is 0.142. The molecule has 0 aliphatic heterocycles. The fourth-order valence-corrected chi connectivity index (χ4v) is 22.0. The van der Waals surface area contributed by atoms with Gasteiger partial charge in [-0.3, -0.25) is 9.97 Å². The van der Waals surface area contributed by atoms with Crippen molar-refractivity contribution < 1.29 is 0 Å². The minimum atomic E-state index is 0.950. The van der Waals surface area contributed by atoms with Gasteiger partial charge in [-0.15, -0.1) is 0 Å². The van der Waals surface area contributed by atoms with Gasteiger partial charge in [0.1, 0.15) is 0 Å². The van der Waals surface area contributed by atoms with Crippen molar-refractivity contribution in [1.29, 1.82) is 0 Å². The largest absolute Gasteiger partial charge is 0.256 e. The van der Waals surface area contributed by atoms with Gasteiger partial charge in [0.15, 0.2) is 0 Å². The predicted octanol–water partition coefficient (Wildman–Crippen LogP) is 35.0. The van der Waals surface area contributed by atoms with Gasteiger partial charge in [0.05, 0.1) is 33.5 Å². The Bertz CT molecular complexity index is 9080. The van der Waals surface area contributed by atoms with Crippen LogP contribution in [0.4, 0.5) is 0 Å². The number of benzene rings is 24. The highest BCUT2D eigenvalue weighted by Crippen LogP contribution is 2.49. The third-order valence-corrected chi connectivity index (χ3v) is 28.1. The summed E-state index contributed by atoms with van der Waals surface area (Å²) in [7, 11) is 0. The average Bonchev–Trinajstić information content (AvgIpc) is 0.723. The van der Waals surface area contributed by atoms with Crippen molar-refractivity contribution in [1.82, 2.24) is 19.9 Å². The Labute approximate surface area is 759 Å². The molecule has 608 valence electrons. The molecule has 4 nitrogen and oxygen atoms in total. The summed E-state index contributed by atoms with van der Waals surface area (Å²) in [6.45, 7) is 0. The highest BCUT2D eigenvalue weighted by Gasteiger charge is 2.24. The Kier molecular flexibility index (Phi) is 17.1. The Balaban J connectivity index is 0.000000135. The van der Waals surface area contributed by atoms with Gasteiger partial charge in [-0.05, 0) is 268 Å². The number of pyridine rings is 4. The third-order valence-electron chi connectivity index (χ3n) is 28.1. The molecule has 0 saturated heterocycles. The monoisotopic (exact) mass is 1670 g/mol. The van der Waals surface area contributed by atoms with E-state index < -0.39 is 0 Å². The predicted molar refractivity (Wildman–Crippen MR) is 563 cm³/mol. The molecule has 0 fully saturated rings. The molecule has 28 aromatic rings. The maximum absolute atomic E-state index is 5.67. The number of fused-ring (bicyclic) bond motifs is 32. The smallest absolute Gasteiger partial charge is 0.0794 e. The number of aromatic nitrogens is 4. The fraction of sp³-hybridized carbons (Fsp3) is 0. The first kappa shape index (κ1) is 74.8. The summed E-state index contributed by atoms with van der Waals surface area (Å²) in [4.78, 5) is 20.7. The van der Waals surface area contributed by atoms with Gasteiger partial charge in [0.2, 0.25) is 0 Å². The van der Waals surface area contributed by atoms with E-state index in [1.807, 2.05) is 24.5 Å². The second kappa shape index (κ2) is 30.1. The highest BCUT2D eigenvalue weighted by molar-refractivity contribution is 6.31. The van der Waals surface area contributed by atoms with Gasteiger partial charge in [-0.2, -0.15) is 0 Å². The van der Waals surface area contributed by atoms with Gasteiger partial charge >= 0.3 is 0 Å². The van der Waals surface area contributed by atoms with Crippen LogP contribution >= 0.6 is 0 Å². The Morgan fingerprint density at radius 3 is 0.750 bits per heavy atom. The summed E-state index contributed by atoms with van der Waals surface area (Å²) in [6.07, 6.45) is 3.79. The summed E-state index contributed by atoms with van der Waals surface area (Å²) in [6, 6.07) is 165. The van der Waals surface area contributed by atoms with Crippen LogP contribution in [0, 0.1) is 0 Å². The van der Waals surface area contributed by atoms with E-state index in [0.29, 0.717) is 0 Å². The van der Waals surface area contributed by atoms with Gasteiger partial charge < -0.3 is 0 Å². The first-order valence-corrected chi connectivity index (χ1v) is 45.4. The van der Waals surface area contributed by atoms with Crippen molar-refractivity contribution in [3.8, 4) is 89.3 Å². The molecule has 0 saturated carbocycles. The molecule has 132 heavy (non-hydrogen) atoms. The average molecular weight is 1670 g/mol. The molecule has 0 N–H and O–H groups in total. The highest BCUT2D eigenvalue weighted by atomic mass is 14.7. The molecule has 0 spiro atoms. The van der Waals surface area contributed by atoms with E-state index in [0.717, 1.165) is 121 Å². The van der Waals surface area contributed by atoms with E-state index in [1.165, 1.54) is 162 Å². The van der Waals surface area contributed by atoms with Crippen molar-refractivity contribution in [2.45, 2.75) is 0 Å². The van der Waals surface area contributed by atoms with Crippen molar-refractivity contribution >= 4 is 194 Å². The molecule has 28 rings (SSSR count). The van der Waals surface area contributed by atoms with Crippen LogP contribution in [0.15, 0.2) is 461 Å². The second-order valence-electron chi connectivity index (χ2n) is 35.2. The van der Waals surface area contributed by atoms with Gasteiger partial charge in [-0.1, -0.05) is 382 Å². The van der Waals surface area contributed by atoms with Crippen molar-refractivity contribution in [3.05, 3.63) is 461 Å². The summed E-state index contributed by atoms with van der Waals surface area (Å²) in [5, 5.41) is 39.4. The maximum Gasteiger partial charge on any atom is 0.0794 e. The SMILES string of the molecule is c1ccc2c(-c3ccc(-c4cc5c(-c6ccc7c8ccccc8c8ccccc8c7c6)cc(-c6ccc7c8ccccc8c8ccccc8c7c6)nc5c5ccccc45)cc3)ccnc2c1.c1cnc2c(-c3ccc(-c4cc5c(-c6ccc7c8ccccc8c8ccccc8c7c6)cc(-c6ccc7c8ccccc8c8ccccc8c7c6)nc5c5ccccc45)cc3)cccc2c1. The van der Waals surface area contributed by atoms with Gasteiger partial charge in [0, 0.05) is 61.4 Å². The van der Waals surface area contributed by atoms with E-state index >= 15 is 0 Å². The molecule has 4 heterocycles. The summed E-state index contributed by atoms with van der Waals surface area (Å²) in [5.41, 5.74) is 22.0. The molecule has 0 amide bonds. The Morgan fingerprint density at radius 1 is 0.121 bits per heavy atom. The lowest BCUT2D eigenvalue weighted by atomic mass is 9.88. The van der Waals surface area contributed by atoms with Crippen LogP contribution in [0.25, 0.3) is 284 Å². The second-order valence-corrected chi connectivity index (χ2v) is 35.2. The number of para-hydroxylation sites is 2. The van der Waals surface area contributed by atoms with E-state index in [1.54, 1.807) is 0 Å². The minimum Gasteiger partial charge on any atom is -0.256 e. The molecule has 0 radical (unpaired) electrons. The minimum absolute atomic E-state index is 0.950. The van der Waals surface area contributed by atoms with Crippen LogP contribution in [0.3, 0.4) is 0 Å². The normalized spacial score (nSPS) is 11.9. The standard InChI is InChI=1S/2C64H38N2/c1-3-19-49-45(15-1)47-17-5-7-21-51(47)59-35-42(30-32-54(49)59)58-38-62(43-31-33-55-50-20-4-2-16-46(50)48-18-6-8-22-52(48)60(55)36-43)66-64-56-24-10-9-23-53(56)57(37-61(58)64)40-28-26-39(27-29-40)44-25-11-13-41-14-12-34-65-63(41)44;1-3-17-48-44(13-1)46-15-5-7-19-50(46)59-35-41(29-31-53(48)59)58-38-63(42-30-32-54-49-18-4-2-14-45(49)47-16-6-8-20-51(47)60(54)36-42)66-64-56-23-10-9-21-52(56)57(37-61(58)64)40-27-25-39(26-28-40)43-33-34-65-62-24-12-11-22-55(43)62/h2*1-38H. The molecule has 0 aliphatic rings. The Hall–Kier alpha value is -17.4. The lowest BCUT2D eigenvalue weighted by molar-refractivity contribution is 1.41. The molecule has 0 atom stereocenters. The van der Waals surface area contributed by atoms with E-state index in [9.17, 15) is 0 Å². The van der Waals surface area contributed by atoms with Gasteiger partial charge in [-0.25, -0.2) is 9.97 Å². The summed E-state index contributed by atoms with van der Waals surface area (Å²) in [5.74, 6) is 0. The first-order chi connectivity index (χ1) is 65.5. The van der Waals surface area contributed by atoms with Crippen LogP contribution in [-0.2, 0) is 0 Å². The third kappa shape index (κ3) is 11.9. The van der Waals surface area contributed by atoms with Crippen molar-refractivity contribution in [2.75, 3.05) is 0 Å². The molecule has 0 unspecified atom stereocenters. The zero-order valence-electron chi connectivity index (χ0n) is 71.7. The topological polar surface area (TPSA) is 51.6 Å². The molecular weight excluding hydrogens is 1590 g/mol. The number of nitrogens with zero attached hydrogens (tertiary/aromatic N) is 4. The van der Waals surface area contributed by atoms with E-state index in [2.05, 4.69) is 442 Å². The lowest BCUT2D eigenvalue weighted by Crippen LogP contribution is -1.94. The summed E-state index contributed by atoms with van der Waals surface area (Å²) >= 11 is 0. The van der Waals surface area contributed by atoms with Gasteiger partial charge in [0.25, 0.3) is 0 Å². The molecule has 0 aliphatic carbocycles. The van der Waals surface area contributed by atoms with E-state index in [-0.39, 0.29) is 0 Å². The van der Waals surface area contributed by atoms with Crippen molar-refractivity contribution in [2.24, 2.45) is 0 Å². The fourth-order valence-electron chi connectivity index (χ4n) is 22.0. The number of hydrogen-bond acceptors (Lipinski definition) is 4. The van der Waals surface area contributed by atoms with Crippen LogP contribution in [0.5, 0.6) is 0 Å². The molecule has 24 aromatic carbocycles. The van der Waals surface area contributed by atoms with Crippen LogP contribution < -0.4 is 0 Å². The maximum atomic E-state index is 5.67. The number of hydrogen-bond donors (Lipinski definition) is 0. The molecule has 4 heteroatoms.